The van der Waals surface area contributed by atoms with Crippen LogP contribution >= 0.6 is 23.2 Å². The Balaban J connectivity index is 1.80. The van der Waals surface area contributed by atoms with Crippen molar-refractivity contribution in [3.63, 3.8) is 0 Å². The molecule has 0 amide bonds. The van der Waals surface area contributed by atoms with Crippen molar-refractivity contribution in [1.29, 1.82) is 0 Å². The van der Waals surface area contributed by atoms with Crippen molar-refractivity contribution in [1.82, 2.24) is 9.62 Å². The van der Waals surface area contributed by atoms with Crippen LogP contribution in [0.3, 0.4) is 0 Å². The first-order chi connectivity index (χ1) is 13.8. The van der Waals surface area contributed by atoms with E-state index in [0.717, 1.165) is 11.1 Å². The van der Waals surface area contributed by atoms with E-state index in [9.17, 15) is 8.42 Å². The number of halogens is 2. The number of benzene rings is 3. The lowest BCUT2D eigenvalue weighted by molar-refractivity contribution is 0.297. The summed E-state index contributed by atoms with van der Waals surface area (Å²) in [7, 11) is -1.71. The lowest BCUT2D eigenvalue weighted by atomic mass is 10.1. The number of hydrogen-bond acceptors (Lipinski definition) is 3. The smallest absolute Gasteiger partial charge is 0.241 e. The minimum absolute atomic E-state index is 0.244. The molecule has 0 bridgehead atoms. The summed E-state index contributed by atoms with van der Waals surface area (Å²) in [6.07, 6.45) is 0. The quantitative estimate of drug-likeness (QED) is 0.518. The summed E-state index contributed by atoms with van der Waals surface area (Å²) >= 11 is 12.1. The Morgan fingerprint density at radius 1 is 0.897 bits per heavy atom. The molecule has 0 saturated heterocycles. The van der Waals surface area contributed by atoms with Gasteiger partial charge in [0.15, 0.2) is 0 Å². The van der Waals surface area contributed by atoms with Crippen LogP contribution in [0.4, 0.5) is 0 Å². The van der Waals surface area contributed by atoms with Gasteiger partial charge in [-0.3, -0.25) is 0 Å². The van der Waals surface area contributed by atoms with Crippen LogP contribution in [-0.4, -0.2) is 26.9 Å². The Labute approximate surface area is 182 Å². The maximum Gasteiger partial charge on any atom is 0.241 e. The number of likely N-dealkylation sites (N-methyl/N-ethyl adjacent to an activating group) is 1. The van der Waals surface area contributed by atoms with E-state index in [1.165, 1.54) is 0 Å². The maximum atomic E-state index is 12.9. The van der Waals surface area contributed by atoms with E-state index >= 15 is 0 Å². The van der Waals surface area contributed by atoms with Crippen LogP contribution in [0.1, 0.15) is 17.2 Å². The minimum Gasteiger partial charge on any atom is -0.300 e. The molecule has 0 fully saturated rings. The standard InChI is InChI=1S/C22H22Cl2N2O2S/c1-26(15-17-12-13-20(23)21(24)14-17)16-22(18-8-4-2-5-9-18)25-29(27,28)19-10-6-3-7-11-19/h2-14,22,25H,15-16H2,1H3. The van der Waals surface area contributed by atoms with Gasteiger partial charge in [0, 0.05) is 13.1 Å². The normalized spacial score (nSPS) is 12.8. The third-order valence-electron chi connectivity index (χ3n) is 4.48. The van der Waals surface area contributed by atoms with Crippen LogP contribution in [0.2, 0.25) is 10.0 Å². The summed E-state index contributed by atoms with van der Waals surface area (Å²) in [6, 6.07) is 23.0. The zero-order valence-electron chi connectivity index (χ0n) is 15.9. The molecule has 0 radical (unpaired) electrons. The van der Waals surface area contributed by atoms with Gasteiger partial charge < -0.3 is 4.90 Å². The summed E-state index contributed by atoms with van der Waals surface area (Å²) in [5.74, 6) is 0. The third kappa shape index (κ3) is 6.04. The Hall–Kier alpha value is -1.89. The molecule has 1 N–H and O–H groups in total. The van der Waals surface area contributed by atoms with Gasteiger partial charge in [0.1, 0.15) is 0 Å². The number of hydrogen-bond donors (Lipinski definition) is 1. The summed E-state index contributed by atoms with van der Waals surface area (Å²) in [4.78, 5) is 2.29. The molecule has 0 heterocycles. The van der Waals surface area contributed by atoms with Gasteiger partial charge in [-0.2, -0.15) is 0 Å². The van der Waals surface area contributed by atoms with Crippen molar-refractivity contribution in [2.45, 2.75) is 17.5 Å². The summed E-state index contributed by atoms with van der Waals surface area (Å²) < 4.78 is 28.6. The van der Waals surface area contributed by atoms with Crippen molar-refractivity contribution in [3.05, 3.63) is 100 Å². The fraction of sp³-hybridized carbons (Fsp3) is 0.182. The molecule has 1 unspecified atom stereocenters. The van der Waals surface area contributed by atoms with Crippen LogP contribution in [0.5, 0.6) is 0 Å². The molecule has 7 heteroatoms. The molecule has 3 aromatic rings. The van der Waals surface area contributed by atoms with E-state index in [4.69, 9.17) is 23.2 Å². The van der Waals surface area contributed by atoms with Gasteiger partial charge >= 0.3 is 0 Å². The van der Waals surface area contributed by atoms with E-state index in [1.54, 1.807) is 36.4 Å². The Morgan fingerprint density at radius 3 is 2.14 bits per heavy atom. The molecule has 3 rings (SSSR count). The van der Waals surface area contributed by atoms with Crippen LogP contribution in [-0.2, 0) is 16.6 Å². The predicted octanol–water partition coefficient (Wildman–Crippen LogP) is 5.15. The largest absolute Gasteiger partial charge is 0.300 e. The van der Waals surface area contributed by atoms with Gasteiger partial charge in [0.2, 0.25) is 10.0 Å². The topological polar surface area (TPSA) is 49.4 Å². The lowest BCUT2D eigenvalue weighted by Crippen LogP contribution is -2.36. The van der Waals surface area contributed by atoms with Crippen molar-refractivity contribution in [2.75, 3.05) is 13.6 Å². The van der Waals surface area contributed by atoms with Crippen molar-refractivity contribution in [2.24, 2.45) is 0 Å². The number of sulfonamides is 1. The molecule has 0 spiro atoms. The lowest BCUT2D eigenvalue weighted by Gasteiger charge is -2.25. The summed E-state index contributed by atoms with van der Waals surface area (Å²) in [6.45, 7) is 1.09. The molecule has 1 atom stereocenters. The molecule has 4 nitrogen and oxygen atoms in total. The summed E-state index contributed by atoms with van der Waals surface area (Å²) in [5.41, 5.74) is 1.90. The number of rotatable bonds is 8. The first kappa shape index (κ1) is 21.8. The van der Waals surface area contributed by atoms with Crippen molar-refractivity contribution >= 4 is 33.2 Å². The monoisotopic (exact) mass is 448 g/mol. The highest BCUT2D eigenvalue weighted by atomic mass is 35.5. The minimum atomic E-state index is -3.65. The average molecular weight is 449 g/mol. The highest BCUT2D eigenvalue weighted by molar-refractivity contribution is 7.89. The molecule has 3 aromatic carbocycles. The summed E-state index contributed by atoms with van der Waals surface area (Å²) in [5, 5.41) is 1.01. The zero-order chi connectivity index (χ0) is 20.9. The van der Waals surface area contributed by atoms with E-state index in [-0.39, 0.29) is 4.90 Å². The first-order valence-electron chi connectivity index (χ1n) is 9.10. The van der Waals surface area contributed by atoms with Gasteiger partial charge in [-0.1, -0.05) is 77.8 Å². The van der Waals surface area contributed by atoms with Gasteiger partial charge in [-0.15, -0.1) is 0 Å². The van der Waals surface area contributed by atoms with Crippen molar-refractivity contribution in [3.8, 4) is 0 Å². The van der Waals surface area contributed by atoms with Gasteiger partial charge in [0.05, 0.1) is 21.0 Å². The molecule has 0 aliphatic heterocycles. The van der Waals surface area contributed by atoms with Crippen LogP contribution in [0.15, 0.2) is 83.8 Å². The highest BCUT2D eigenvalue weighted by Crippen LogP contribution is 2.24. The van der Waals surface area contributed by atoms with E-state index in [2.05, 4.69) is 4.72 Å². The second kappa shape index (κ2) is 9.74. The van der Waals surface area contributed by atoms with Crippen LogP contribution in [0.25, 0.3) is 0 Å². The first-order valence-corrected chi connectivity index (χ1v) is 11.3. The van der Waals surface area contributed by atoms with Gasteiger partial charge in [-0.05, 0) is 42.4 Å². The molecule has 0 aromatic heterocycles. The SMILES string of the molecule is CN(Cc1ccc(Cl)c(Cl)c1)CC(NS(=O)(=O)c1ccccc1)c1ccccc1. The maximum absolute atomic E-state index is 12.9. The molecule has 152 valence electrons. The predicted molar refractivity (Wildman–Crippen MR) is 119 cm³/mol. The average Bonchev–Trinajstić information content (AvgIpc) is 2.71. The van der Waals surface area contributed by atoms with Crippen molar-refractivity contribution < 1.29 is 8.42 Å². The number of nitrogens with one attached hydrogen (secondary N) is 1. The molecule has 0 aliphatic rings. The molecular formula is C22H22Cl2N2O2S. The second-order valence-electron chi connectivity index (χ2n) is 6.84. The molecular weight excluding hydrogens is 427 g/mol. The van der Waals surface area contributed by atoms with E-state index in [0.29, 0.717) is 23.1 Å². The Bertz CT molecular complexity index is 1040. The molecule has 29 heavy (non-hydrogen) atoms. The van der Waals surface area contributed by atoms with Crippen LogP contribution < -0.4 is 4.72 Å². The third-order valence-corrected chi connectivity index (χ3v) is 6.71. The number of nitrogens with zero attached hydrogens (tertiary/aromatic N) is 1. The van der Waals surface area contributed by atoms with Gasteiger partial charge in [-0.25, -0.2) is 13.1 Å². The Kier molecular flexibility index (Phi) is 7.33. The van der Waals surface area contributed by atoms with Gasteiger partial charge in [0.25, 0.3) is 0 Å². The highest BCUT2D eigenvalue weighted by Gasteiger charge is 2.22. The molecule has 0 aliphatic carbocycles. The Morgan fingerprint density at radius 2 is 1.52 bits per heavy atom. The second-order valence-corrected chi connectivity index (χ2v) is 9.37. The van der Waals surface area contributed by atoms with E-state index < -0.39 is 16.1 Å². The fourth-order valence-corrected chi connectivity index (χ4v) is 4.63. The fourth-order valence-electron chi connectivity index (χ4n) is 3.08. The van der Waals surface area contributed by atoms with E-state index in [1.807, 2.05) is 54.4 Å². The zero-order valence-corrected chi connectivity index (χ0v) is 18.3. The van der Waals surface area contributed by atoms with Crippen LogP contribution in [0, 0.1) is 0 Å². The molecule has 0 saturated carbocycles.